The fourth-order valence-electron chi connectivity index (χ4n) is 0.707. The van der Waals surface area contributed by atoms with E-state index in [1.807, 2.05) is 13.1 Å². The molecule has 0 heterocycles. The topological polar surface area (TPSA) is 0 Å². The third kappa shape index (κ3) is 2.22. The van der Waals surface area contributed by atoms with Crippen LogP contribution in [0.5, 0.6) is 0 Å². The van der Waals surface area contributed by atoms with Gasteiger partial charge >= 0.3 is 0 Å². The Kier molecular flexibility index (Phi) is 2.90. The van der Waals surface area contributed by atoms with E-state index in [1.54, 1.807) is 26.2 Å². The Morgan fingerprint density at radius 3 is 0.818 bits per heavy atom. The molecule has 0 aliphatic carbocycles. The number of hydrogen-bond donors (Lipinski definition) is 0. The smallest absolute Gasteiger partial charge is 0.227 e. The summed E-state index contributed by atoms with van der Waals surface area (Å²) >= 11 is 0. The number of halogens is 2. The molecule has 0 aromatic rings. The van der Waals surface area contributed by atoms with Gasteiger partial charge in [-0.25, -0.2) is 0 Å². The molecule has 0 aromatic heterocycles. The molecule has 0 atom stereocenters. The first-order chi connectivity index (χ1) is 4.50. The van der Waals surface area contributed by atoms with Gasteiger partial charge in [0.25, 0.3) is 0 Å². The van der Waals surface area contributed by atoms with Gasteiger partial charge in [-0.2, -0.15) is 0 Å². The van der Waals surface area contributed by atoms with Crippen molar-refractivity contribution < 1.29 is 8.22 Å². The zero-order valence-electron chi connectivity index (χ0n) is 8.26. The van der Waals surface area contributed by atoms with Crippen LogP contribution < -0.4 is 0 Å². The molecule has 0 radical (unpaired) electrons. The summed E-state index contributed by atoms with van der Waals surface area (Å²) in [6.07, 6.45) is 0. The van der Waals surface area contributed by atoms with Crippen LogP contribution in [0, 0.1) is 0 Å². The van der Waals surface area contributed by atoms with E-state index in [4.69, 9.17) is 0 Å². The van der Waals surface area contributed by atoms with Gasteiger partial charge in [0.1, 0.15) is 7.11 Å². The van der Waals surface area contributed by atoms with Crippen LogP contribution in [-0.4, -0.2) is 23.0 Å². The molecule has 0 fully saturated rings. The Balaban J connectivity index is 4.75. The molecule has 0 aliphatic rings. The quantitative estimate of drug-likeness (QED) is 0.487. The predicted octanol–water partition coefficient (Wildman–Crippen LogP) is 3.20. The molecule has 5 heteroatoms. The van der Waals surface area contributed by atoms with E-state index in [2.05, 4.69) is 0 Å². The maximum Gasteiger partial charge on any atom is 0.227 e. The van der Waals surface area contributed by atoms with Crippen LogP contribution in [0.4, 0.5) is 8.22 Å². The van der Waals surface area contributed by atoms with Gasteiger partial charge in [-0.05, 0) is 26.2 Å². The molecule has 0 rings (SSSR count). The highest BCUT2D eigenvalue weighted by Gasteiger charge is 2.55. The Bertz CT molecular complexity index is 127. The van der Waals surface area contributed by atoms with E-state index in [0.29, 0.717) is 0 Å². The van der Waals surface area contributed by atoms with Crippen LogP contribution in [0.1, 0.15) is 0 Å². The first-order valence-corrected chi connectivity index (χ1v) is 14.6. The van der Waals surface area contributed by atoms with Crippen molar-refractivity contribution in [1.29, 1.82) is 0 Å². The van der Waals surface area contributed by atoms with Gasteiger partial charge in [0, 0.05) is 0 Å². The zero-order valence-corrected chi connectivity index (χ0v) is 11.3. The summed E-state index contributed by atoms with van der Waals surface area (Å²) < 4.78 is 27.3. The molecule has 0 N–H and O–H groups in total. The molecular formula is C6H18F2Si3. The third-order valence-corrected chi connectivity index (χ3v) is 37.5. The zero-order chi connectivity index (χ0) is 9.50. The lowest BCUT2D eigenvalue weighted by molar-refractivity contribution is 0.812. The van der Waals surface area contributed by atoms with Gasteiger partial charge < -0.3 is 8.22 Å². The van der Waals surface area contributed by atoms with Gasteiger partial charge in [-0.3, -0.25) is 0 Å². The first-order valence-electron chi connectivity index (χ1n) is 3.88. The molecule has 0 unspecified atom stereocenters. The van der Waals surface area contributed by atoms with Gasteiger partial charge in [0.15, 0.2) is 0 Å². The maximum absolute atomic E-state index is 13.7. The molecule has 0 spiro atoms. The Morgan fingerprint density at radius 2 is 0.818 bits per heavy atom. The van der Waals surface area contributed by atoms with Crippen LogP contribution in [0.25, 0.3) is 0 Å². The van der Waals surface area contributed by atoms with Crippen molar-refractivity contribution in [2.45, 2.75) is 39.3 Å². The fourth-order valence-corrected chi connectivity index (χ4v) is 19.1. The summed E-state index contributed by atoms with van der Waals surface area (Å²) in [5.41, 5.74) is 0. The molecule has 68 valence electrons. The summed E-state index contributed by atoms with van der Waals surface area (Å²) in [5, 5.41) is 0. The number of rotatable bonds is 2. The van der Waals surface area contributed by atoms with Crippen molar-refractivity contribution >= 4 is 23.0 Å². The lowest BCUT2D eigenvalue weighted by Gasteiger charge is -2.36. The van der Waals surface area contributed by atoms with Crippen molar-refractivity contribution in [3.8, 4) is 0 Å². The second kappa shape index (κ2) is 2.77. The Morgan fingerprint density at radius 1 is 0.636 bits per heavy atom. The highest BCUT2D eigenvalue weighted by molar-refractivity contribution is 7.65. The Hall–Kier alpha value is 0.511. The minimum Gasteiger partial charge on any atom is -0.318 e. The maximum atomic E-state index is 13.7. The van der Waals surface area contributed by atoms with Crippen LogP contribution in [0.3, 0.4) is 0 Å². The van der Waals surface area contributed by atoms with Crippen LogP contribution >= 0.6 is 0 Å². The summed E-state index contributed by atoms with van der Waals surface area (Å²) in [6.45, 7) is 10.3. The van der Waals surface area contributed by atoms with Crippen LogP contribution in [0.2, 0.25) is 39.3 Å². The minimum atomic E-state index is -2.69. The van der Waals surface area contributed by atoms with E-state index in [-0.39, 0.29) is 0 Å². The number of hydrogen-bond acceptors (Lipinski definition) is 0. The summed E-state index contributed by atoms with van der Waals surface area (Å²) in [6, 6.07) is 0. The molecular weight excluding hydrogens is 194 g/mol. The standard InChI is InChI=1S/C6H18F2Si3/c1-9(2,7)11(5,6)10(3,4)8/h1-6H3. The van der Waals surface area contributed by atoms with E-state index in [1.165, 1.54) is 0 Å². The molecule has 0 nitrogen and oxygen atoms in total. The molecule has 0 saturated carbocycles. The lowest BCUT2D eigenvalue weighted by Crippen LogP contribution is -2.66. The average molecular weight is 212 g/mol. The molecule has 0 bridgehead atoms. The van der Waals surface area contributed by atoms with Crippen molar-refractivity contribution in [2.75, 3.05) is 0 Å². The molecule has 0 aliphatic heterocycles. The summed E-state index contributed by atoms with van der Waals surface area (Å²) in [4.78, 5) is 0. The normalized spacial score (nSPS) is 15.3. The molecule has 0 amide bonds. The second-order valence-corrected chi connectivity index (χ2v) is 29.8. The van der Waals surface area contributed by atoms with E-state index in [9.17, 15) is 8.22 Å². The van der Waals surface area contributed by atoms with Gasteiger partial charge in [0.05, 0.1) is 0 Å². The molecule has 11 heavy (non-hydrogen) atoms. The van der Waals surface area contributed by atoms with E-state index in [0.717, 1.165) is 0 Å². The van der Waals surface area contributed by atoms with Gasteiger partial charge in [-0.1, -0.05) is 13.1 Å². The van der Waals surface area contributed by atoms with Crippen molar-refractivity contribution in [3.63, 3.8) is 0 Å². The second-order valence-electron chi connectivity index (χ2n) is 4.57. The average Bonchev–Trinajstić information content (AvgIpc) is 1.58. The predicted molar refractivity (Wildman–Crippen MR) is 54.7 cm³/mol. The van der Waals surface area contributed by atoms with Crippen LogP contribution in [-0.2, 0) is 0 Å². The van der Waals surface area contributed by atoms with E-state index < -0.39 is 23.0 Å². The largest absolute Gasteiger partial charge is 0.318 e. The van der Waals surface area contributed by atoms with E-state index >= 15 is 0 Å². The van der Waals surface area contributed by atoms with Gasteiger partial charge in [0.2, 0.25) is 15.9 Å². The Labute approximate surface area is 71.0 Å². The third-order valence-electron chi connectivity index (χ3n) is 2.97. The summed E-state index contributed by atoms with van der Waals surface area (Å²) in [5.74, 6) is 0. The summed E-state index contributed by atoms with van der Waals surface area (Å²) in [7, 11) is -7.55. The molecule has 0 aromatic carbocycles. The van der Waals surface area contributed by atoms with Crippen molar-refractivity contribution in [3.05, 3.63) is 0 Å². The monoisotopic (exact) mass is 212 g/mol. The molecule has 0 saturated heterocycles. The van der Waals surface area contributed by atoms with Gasteiger partial charge in [-0.15, -0.1) is 0 Å². The minimum absolute atomic E-state index is 1.65. The highest BCUT2D eigenvalue weighted by atomic mass is 29.7. The van der Waals surface area contributed by atoms with Crippen molar-refractivity contribution in [2.24, 2.45) is 0 Å². The van der Waals surface area contributed by atoms with Crippen LogP contribution in [0.15, 0.2) is 0 Å². The SMILES string of the molecule is C[Si](C)(F)[Si](C)(C)[Si](C)(C)F. The fraction of sp³-hybridized carbons (Fsp3) is 1.00. The van der Waals surface area contributed by atoms with Crippen molar-refractivity contribution in [1.82, 2.24) is 0 Å². The highest BCUT2D eigenvalue weighted by Crippen LogP contribution is 2.30. The lowest BCUT2D eigenvalue weighted by atomic mass is 11.9. The first kappa shape index (κ1) is 11.5.